The van der Waals surface area contributed by atoms with Gasteiger partial charge in [0, 0.05) is 19.2 Å². The summed E-state index contributed by atoms with van der Waals surface area (Å²) in [4.78, 5) is 0. The lowest BCUT2D eigenvalue weighted by Gasteiger charge is -2.21. The predicted octanol–water partition coefficient (Wildman–Crippen LogP) is 2.72. The normalized spacial score (nSPS) is 14.7. The lowest BCUT2D eigenvalue weighted by atomic mass is 9.98. The second kappa shape index (κ2) is 6.18. The van der Waals surface area contributed by atoms with Crippen LogP contribution in [0.3, 0.4) is 0 Å². The van der Waals surface area contributed by atoms with Gasteiger partial charge in [0.2, 0.25) is 0 Å². The summed E-state index contributed by atoms with van der Waals surface area (Å²) >= 11 is 0. The SMILES string of the molecule is Cc1cc(C)c(CNC(C)C(C)CO)c(C)c1. The predicted molar refractivity (Wildman–Crippen MR) is 73.2 cm³/mol. The van der Waals surface area contributed by atoms with Gasteiger partial charge < -0.3 is 10.4 Å². The fraction of sp³-hybridized carbons (Fsp3) is 0.600. The first-order valence-electron chi connectivity index (χ1n) is 6.36. The molecular formula is C15H25NO. The Labute approximate surface area is 105 Å². The molecule has 0 saturated carbocycles. The lowest BCUT2D eigenvalue weighted by molar-refractivity contribution is 0.207. The summed E-state index contributed by atoms with van der Waals surface area (Å²) in [7, 11) is 0. The number of rotatable bonds is 5. The van der Waals surface area contributed by atoms with E-state index in [1.165, 1.54) is 22.3 Å². The van der Waals surface area contributed by atoms with Gasteiger partial charge in [0.25, 0.3) is 0 Å². The van der Waals surface area contributed by atoms with Crippen LogP contribution in [0.4, 0.5) is 0 Å². The standard InChI is InChI=1S/C15H25NO/c1-10-6-11(2)15(12(3)7-10)8-16-14(5)13(4)9-17/h6-7,13-14,16-17H,8-9H2,1-5H3. The average Bonchev–Trinajstić information content (AvgIpc) is 2.26. The zero-order chi connectivity index (χ0) is 13.0. The van der Waals surface area contributed by atoms with Gasteiger partial charge in [-0.1, -0.05) is 24.6 Å². The largest absolute Gasteiger partial charge is 0.396 e. The zero-order valence-corrected chi connectivity index (χ0v) is 11.7. The quantitative estimate of drug-likeness (QED) is 0.822. The number of hydrogen-bond acceptors (Lipinski definition) is 2. The molecule has 0 aliphatic rings. The van der Waals surface area contributed by atoms with Gasteiger partial charge in [-0.05, 0) is 50.3 Å². The molecular weight excluding hydrogens is 210 g/mol. The molecule has 0 fully saturated rings. The van der Waals surface area contributed by atoms with Crippen LogP contribution in [-0.4, -0.2) is 17.8 Å². The van der Waals surface area contributed by atoms with Crippen LogP contribution in [0.5, 0.6) is 0 Å². The van der Waals surface area contributed by atoms with E-state index in [-0.39, 0.29) is 6.61 Å². The first-order valence-corrected chi connectivity index (χ1v) is 6.36. The molecule has 0 amide bonds. The topological polar surface area (TPSA) is 32.3 Å². The van der Waals surface area contributed by atoms with Gasteiger partial charge in [0.05, 0.1) is 0 Å². The van der Waals surface area contributed by atoms with Gasteiger partial charge in [-0.25, -0.2) is 0 Å². The Morgan fingerprint density at radius 1 is 1.12 bits per heavy atom. The first kappa shape index (κ1) is 14.2. The van der Waals surface area contributed by atoms with Crippen LogP contribution in [-0.2, 0) is 6.54 Å². The van der Waals surface area contributed by atoms with E-state index in [1.807, 2.05) is 0 Å². The molecule has 1 aromatic rings. The summed E-state index contributed by atoms with van der Waals surface area (Å²) in [5, 5.41) is 12.6. The highest BCUT2D eigenvalue weighted by atomic mass is 16.3. The molecule has 1 aromatic carbocycles. The van der Waals surface area contributed by atoms with E-state index in [1.54, 1.807) is 0 Å². The van der Waals surface area contributed by atoms with E-state index in [0.717, 1.165) is 6.54 Å². The molecule has 0 aromatic heterocycles. The van der Waals surface area contributed by atoms with Gasteiger partial charge in [-0.3, -0.25) is 0 Å². The fourth-order valence-corrected chi connectivity index (χ4v) is 2.11. The van der Waals surface area contributed by atoms with Crippen molar-refractivity contribution in [3.8, 4) is 0 Å². The van der Waals surface area contributed by atoms with Gasteiger partial charge >= 0.3 is 0 Å². The second-order valence-electron chi connectivity index (χ2n) is 5.21. The summed E-state index contributed by atoms with van der Waals surface area (Å²) in [5.74, 6) is 0.293. The molecule has 0 aliphatic carbocycles. The molecule has 0 aliphatic heterocycles. The van der Waals surface area contributed by atoms with Crippen molar-refractivity contribution in [1.29, 1.82) is 0 Å². The summed E-state index contributed by atoms with van der Waals surface area (Å²) in [5.41, 5.74) is 5.39. The summed E-state index contributed by atoms with van der Waals surface area (Å²) in [6.07, 6.45) is 0. The highest BCUT2D eigenvalue weighted by Crippen LogP contribution is 2.16. The third kappa shape index (κ3) is 3.83. The van der Waals surface area contributed by atoms with E-state index < -0.39 is 0 Å². The third-order valence-corrected chi connectivity index (χ3v) is 3.58. The minimum atomic E-state index is 0.236. The van der Waals surface area contributed by atoms with Crippen molar-refractivity contribution in [3.63, 3.8) is 0 Å². The molecule has 0 radical (unpaired) electrons. The first-order chi connectivity index (χ1) is 7.95. The van der Waals surface area contributed by atoms with Crippen LogP contribution in [0.25, 0.3) is 0 Å². The van der Waals surface area contributed by atoms with Crippen LogP contribution in [0.15, 0.2) is 12.1 Å². The number of aryl methyl sites for hydroxylation is 3. The molecule has 2 heteroatoms. The molecule has 0 saturated heterocycles. The maximum absolute atomic E-state index is 9.11. The lowest BCUT2D eigenvalue weighted by Crippen LogP contribution is -2.33. The summed E-state index contributed by atoms with van der Waals surface area (Å²) < 4.78 is 0. The van der Waals surface area contributed by atoms with Crippen LogP contribution < -0.4 is 5.32 Å². The van der Waals surface area contributed by atoms with Crippen molar-refractivity contribution in [1.82, 2.24) is 5.32 Å². The zero-order valence-electron chi connectivity index (χ0n) is 11.7. The number of hydrogen-bond donors (Lipinski definition) is 2. The van der Waals surface area contributed by atoms with Crippen molar-refractivity contribution in [2.75, 3.05) is 6.61 Å². The van der Waals surface area contributed by atoms with Gasteiger partial charge in [-0.2, -0.15) is 0 Å². The van der Waals surface area contributed by atoms with Crippen molar-refractivity contribution in [2.24, 2.45) is 5.92 Å². The van der Waals surface area contributed by atoms with Gasteiger partial charge in [0.1, 0.15) is 0 Å². The molecule has 2 nitrogen and oxygen atoms in total. The molecule has 2 N–H and O–H groups in total. The maximum Gasteiger partial charge on any atom is 0.0471 e. The molecule has 96 valence electrons. The number of benzene rings is 1. The van der Waals surface area contributed by atoms with E-state index in [9.17, 15) is 0 Å². The maximum atomic E-state index is 9.11. The van der Waals surface area contributed by atoms with Crippen LogP contribution in [0.2, 0.25) is 0 Å². The van der Waals surface area contributed by atoms with Crippen LogP contribution in [0, 0.1) is 26.7 Å². The van der Waals surface area contributed by atoms with Crippen molar-refractivity contribution < 1.29 is 5.11 Å². The second-order valence-corrected chi connectivity index (χ2v) is 5.21. The molecule has 0 heterocycles. The molecule has 0 spiro atoms. The van der Waals surface area contributed by atoms with Gasteiger partial charge in [-0.15, -0.1) is 0 Å². The molecule has 2 atom stereocenters. The van der Waals surface area contributed by atoms with Crippen LogP contribution in [0.1, 0.15) is 36.1 Å². The van der Waals surface area contributed by atoms with E-state index in [4.69, 9.17) is 5.11 Å². The summed E-state index contributed by atoms with van der Waals surface area (Å²) in [6.45, 7) is 11.8. The van der Waals surface area contributed by atoms with Gasteiger partial charge in [0.15, 0.2) is 0 Å². The van der Waals surface area contributed by atoms with Crippen molar-refractivity contribution >= 4 is 0 Å². The minimum absolute atomic E-state index is 0.236. The molecule has 2 unspecified atom stereocenters. The Morgan fingerprint density at radius 3 is 2.12 bits per heavy atom. The average molecular weight is 235 g/mol. The number of nitrogens with one attached hydrogen (secondary N) is 1. The Hall–Kier alpha value is -0.860. The smallest absolute Gasteiger partial charge is 0.0471 e. The minimum Gasteiger partial charge on any atom is -0.396 e. The Balaban J connectivity index is 2.70. The molecule has 1 rings (SSSR count). The molecule has 0 bridgehead atoms. The Kier molecular flexibility index (Phi) is 5.16. The summed E-state index contributed by atoms with van der Waals surface area (Å²) in [6, 6.07) is 4.79. The highest BCUT2D eigenvalue weighted by Gasteiger charge is 2.11. The van der Waals surface area contributed by atoms with E-state index in [2.05, 4.69) is 52.1 Å². The third-order valence-electron chi connectivity index (χ3n) is 3.58. The van der Waals surface area contributed by atoms with E-state index >= 15 is 0 Å². The number of aliphatic hydroxyl groups is 1. The number of aliphatic hydroxyl groups excluding tert-OH is 1. The Bertz CT molecular complexity index is 350. The van der Waals surface area contributed by atoms with Crippen LogP contribution >= 0.6 is 0 Å². The van der Waals surface area contributed by atoms with Crippen molar-refractivity contribution in [2.45, 2.75) is 47.2 Å². The monoisotopic (exact) mass is 235 g/mol. The molecule has 17 heavy (non-hydrogen) atoms. The van der Waals surface area contributed by atoms with E-state index in [0.29, 0.717) is 12.0 Å². The highest BCUT2D eigenvalue weighted by molar-refractivity contribution is 5.37. The van der Waals surface area contributed by atoms with Crippen molar-refractivity contribution in [3.05, 3.63) is 34.4 Å². The fourth-order valence-electron chi connectivity index (χ4n) is 2.11. The Morgan fingerprint density at radius 2 is 1.65 bits per heavy atom.